The van der Waals surface area contributed by atoms with E-state index in [1.807, 2.05) is 0 Å². The predicted octanol–water partition coefficient (Wildman–Crippen LogP) is 4.67. The number of hydrogen-bond acceptors (Lipinski definition) is 1. The van der Waals surface area contributed by atoms with Gasteiger partial charge in [0.1, 0.15) is 0 Å². The molecular formula is C17H26O. The molecule has 1 fully saturated rings. The molecule has 1 atom stereocenters. The SMILES string of the molecule is CC1CCC(C(C)COCc2ccccc2)CC1. The fourth-order valence-electron chi connectivity index (χ4n) is 2.93. The molecule has 1 heteroatoms. The minimum Gasteiger partial charge on any atom is -0.376 e. The number of benzene rings is 1. The van der Waals surface area contributed by atoms with Gasteiger partial charge in [0.15, 0.2) is 0 Å². The Bertz CT molecular complexity index is 325. The zero-order valence-corrected chi connectivity index (χ0v) is 11.8. The van der Waals surface area contributed by atoms with E-state index in [-0.39, 0.29) is 0 Å². The van der Waals surface area contributed by atoms with Crippen molar-refractivity contribution in [1.82, 2.24) is 0 Å². The van der Waals surface area contributed by atoms with Crippen LogP contribution in [0.4, 0.5) is 0 Å². The topological polar surface area (TPSA) is 9.23 Å². The molecular weight excluding hydrogens is 220 g/mol. The molecule has 0 spiro atoms. The molecule has 0 N–H and O–H groups in total. The molecule has 0 radical (unpaired) electrons. The van der Waals surface area contributed by atoms with E-state index in [0.29, 0.717) is 5.92 Å². The van der Waals surface area contributed by atoms with Gasteiger partial charge >= 0.3 is 0 Å². The fourth-order valence-corrected chi connectivity index (χ4v) is 2.93. The minimum absolute atomic E-state index is 0.709. The summed E-state index contributed by atoms with van der Waals surface area (Å²) >= 11 is 0. The first-order valence-corrected chi connectivity index (χ1v) is 7.37. The van der Waals surface area contributed by atoms with Gasteiger partial charge in [-0.3, -0.25) is 0 Å². The van der Waals surface area contributed by atoms with Gasteiger partial charge in [0.25, 0.3) is 0 Å². The van der Waals surface area contributed by atoms with Crippen LogP contribution in [0.15, 0.2) is 30.3 Å². The highest BCUT2D eigenvalue weighted by Gasteiger charge is 2.23. The van der Waals surface area contributed by atoms with Crippen molar-refractivity contribution in [1.29, 1.82) is 0 Å². The molecule has 0 aromatic heterocycles. The average molecular weight is 246 g/mol. The van der Waals surface area contributed by atoms with Crippen LogP contribution in [0.25, 0.3) is 0 Å². The lowest BCUT2D eigenvalue weighted by Crippen LogP contribution is -2.22. The van der Waals surface area contributed by atoms with Gasteiger partial charge in [-0.05, 0) is 36.2 Å². The second kappa shape index (κ2) is 6.94. The summed E-state index contributed by atoms with van der Waals surface area (Å²) in [6.45, 7) is 6.40. The van der Waals surface area contributed by atoms with Gasteiger partial charge in [0.2, 0.25) is 0 Å². The Morgan fingerprint density at radius 2 is 1.78 bits per heavy atom. The van der Waals surface area contributed by atoms with Gasteiger partial charge in [0.05, 0.1) is 6.61 Å². The van der Waals surface area contributed by atoms with Gasteiger partial charge in [0, 0.05) is 6.61 Å². The maximum Gasteiger partial charge on any atom is 0.0717 e. The van der Waals surface area contributed by atoms with Crippen LogP contribution in [0.2, 0.25) is 0 Å². The summed E-state index contributed by atoms with van der Waals surface area (Å²) in [6, 6.07) is 10.5. The first kappa shape index (κ1) is 13.6. The first-order chi connectivity index (χ1) is 8.75. The van der Waals surface area contributed by atoms with Crippen molar-refractivity contribution in [2.75, 3.05) is 6.61 Å². The molecule has 1 saturated carbocycles. The maximum absolute atomic E-state index is 5.86. The average Bonchev–Trinajstić information content (AvgIpc) is 2.40. The minimum atomic E-state index is 0.709. The molecule has 0 amide bonds. The predicted molar refractivity (Wildman–Crippen MR) is 76.4 cm³/mol. The molecule has 1 aliphatic carbocycles. The van der Waals surface area contributed by atoms with Crippen molar-refractivity contribution in [3.63, 3.8) is 0 Å². The summed E-state index contributed by atoms with van der Waals surface area (Å²) in [5, 5.41) is 0. The Hall–Kier alpha value is -0.820. The van der Waals surface area contributed by atoms with Gasteiger partial charge in [-0.2, -0.15) is 0 Å². The van der Waals surface area contributed by atoms with Crippen LogP contribution in [-0.2, 0) is 11.3 Å². The van der Waals surface area contributed by atoms with Crippen LogP contribution < -0.4 is 0 Å². The van der Waals surface area contributed by atoms with E-state index in [1.165, 1.54) is 31.2 Å². The Labute approximate surface area is 112 Å². The summed E-state index contributed by atoms with van der Waals surface area (Å²) in [5.41, 5.74) is 1.28. The van der Waals surface area contributed by atoms with E-state index in [1.54, 1.807) is 0 Å². The zero-order chi connectivity index (χ0) is 12.8. The van der Waals surface area contributed by atoms with Crippen LogP contribution in [-0.4, -0.2) is 6.61 Å². The van der Waals surface area contributed by atoms with Crippen LogP contribution in [0, 0.1) is 17.8 Å². The quantitative estimate of drug-likeness (QED) is 0.734. The maximum atomic E-state index is 5.86. The van der Waals surface area contributed by atoms with Crippen LogP contribution >= 0.6 is 0 Å². The Balaban J connectivity index is 1.67. The van der Waals surface area contributed by atoms with E-state index < -0.39 is 0 Å². The van der Waals surface area contributed by atoms with Crippen molar-refractivity contribution < 1.29 is 4.74 Å². The lowest BCUT2D eigenvalue weighted by Gasteiger charge is -2.30. The van der Waals surface area contributed by atoms with E-state index in [4.69, 9.17) is 4.74 Å². The number of rotatable bonds is 5. The third kappa shape index (κ3) is 4.13. The summed E-state index contributed by atoms with van der Waals surface area (Å²) in [7, 11) is 0. The summed E-state index contributed by atoms with van der Waals surface area (Å²) < 4.78 is 5.86. The summed E-state index contributed by atoms with van der Waals surface area (Å²) in [6.07, 6.45) is 5.62. The molecule has 18 heavy (non-hydrogen) atoms. The smallest absolute Gasteiger partial charge is 0.0717 e. The Morgan fingerprint density at radius 3 is 2.44 bits per heavy atom. The summed E-state index contributed by atoms with van der Waals surface area (Å²) in [4.78, 5) is 0. The van der Waals surface area contributed by atoms with Crippen LogP contribution in [0.1, 0.15) is 45.1 Å². The van der Waals surface area contributed by atoms with Crippen molar-refractivity contribution >= 4 is 0 Å². The molecule has 1 nitrogen and oxygen atoms in total. The van der Waals surface area contributed by atoms with E-state index in [9.17, 15) is 0 Å². The van der Waals surface area contributed by atoms with Gasteiger partial charge in [-0.15, -0.1) is 0 Å². The van der Waals surface area contributed by atoms with Crippen molar-refractivity contribution in [3.05, 3.63) is 35.9 Å². The number of hydrogen-bond donors (Lipinski definition) is 0. The highest BCUT2D eigenvalue weighted by Crippen LogP contribution is 2.33. The lowest BCUT2D eigenvalue weighted by molar-refractivity contribution is 0.0603. The number of ether oxygens (including phenoxy) is 1. The largest absolute Gasteiger partial charge is 0.376 e. The van der Waals surface area contributed by atoms with Crippen molar-refractivity contribution in [3.8, 4) is 0 Å². The normalized spacial score (nSPS) is 25.9. The highest BCUT2D eigenvalue weighted by atomic mass is 16.5. The molecule has 0 aliphatic heterocycles. The molecule has 0 saturated heterocycles. The molecule has 2 rings (SSSR count). The zero-order valence-electron chi connectivity index (χ0n) is 11.8. The third-order valence-corrected chi connectivity index (χ3v) is 4.36. The Morgan fingerprint density at radius 1 is 1.11 bits per heavy atom. The Kier molecular flexibility index (Phi) is 5.25. The van der Waals surface area contributed by atoms with Crippen molar-refractivity contribution in [2.45, 2.75) is 46.1 Å². The van der Waals surface area contributed by atoms with Gasteiger partial charge in [-0.1, -0.05) is 57.0 Å². The summed E-state index contributed by atoms with van der Waals surface area (Å²) in [5.74, 6) is 2.54. The second-order valence-corrected chi connectivity index (χ2v) is 6.00. The molecule has 100 valence electrons. The molecule has 1 aromatic rings. The fraction of sp³-hybridized carbons (Fsp3) is 0.647. The molecule has 0 heterocycles. The van der Waals surface area contributed by atoms with E-state index in [2.05, 4.69) is 44.2 Å². The lowest BCUT2D eigenvalue weighted by atomic mass is 9.77. The van der Waals surface area contributed by atoms with Gasteiger partial charge in [-0.25, -0.2) is 0 Å². The highest BCUT2D eigenvalue weighted by molar-refractivity contribution is 5.13. The third-order valence-electron chi connectivity index (χ3n) is 4.36. The monoisotopic (exact) mass is 246 g/mol. The van der Waals surface area contributed by atoms with Gasteiger partial charge < -0.3 is 4.74 Å². The second-order valence-electron chi connectivity index (χ2n) is 6.00. The van der Waals surface area contributed by atoms with Crippen LogP contribution in [0.5, 0.6) is 0 Å². The molecule has 1 unspecified atom stereocenters. The first-order valence-electron chi connectivity index (χ1n) is 7.37. The van der Waals surface area contributed by atoms with Crippen molar-refractivity contribution in [2.24, 2.45) is 17.8 Å². The standard InChI is InChI=1S/C17H26O/c1-14-8-10-17(11-9-14)15(2)12-18-13-16-6-4-3-5-7-16/h3-7,14-15,17H,8-13H2,1-2H3. The molecule has 0 bridgehead atoms. The molecule has 1 aromatic carbocycles. The van der Waals surface area contributed by atoms with Crippen LogP contribution in [0.3, 0.4) is 0 Å². The van der Waals surface area contributed by atoms with E-state index in [0.717, 1.165) is 25.0 Å². The van der Waals surface area contributed by atoms with E-state index >= 15 is 0 Å². The molecule has 1 aliphatic rings.